The van der Waals surface area contributed by atoms with Crippen molar-refractivity contribution in [2.24, 2.45) is 11.7 Å². The van der Waals surface area contributed by atoms with E-state index in [-0.39, 0.29) is 11.6 Å². The molecule has 1 atom stereocenters. The van der Waals surface area contributed by atoms with E-state index in [4.69, 9.17) is 5.73 Å². The van der Waals surface area contributed by atoms with Crippen LogP contribution in [0.15, 0.2) is 12.4 Å². The standard InChI is InChI=1S/C15H22N4O2/c1-2-14(20)19-6-3-4-11(5-7-19)8-12-9-13(15(16)21)18-10-17-12/h9-11H,2-8H2,1H3,(H2,16,21)/t11-/m0/s1. The first-order valence-corrected chi connectivity index (χ1v) is 7.48. The van der Waals surface area contributed by atoms with Crippen molar-refractivity contribution in [2.45, 2.75) is 39.0 Å². The van der Waals surface area contributed by atoms with Gasteiger partial charge in [0.1, 0.15) is 12.0 Å². The van der Waals surface area contributed by atoms with Gasteiger partial charge in [0.05, 0.1) is 0 Å². The van der Waals surface area contributed by atoms with Gasteiger partial charge in [-0.3, -0.25) is 9.59 Å². The zero-order chi connectivity index (χ0) is 15.2. The number of amides is 2. The highest BCUT2D eigenvalue weighted by Crippen LogP contribution is 2.21. The quantitative estimate of drug-likeness (QED) is 0.901. The van der Waals surface area contributed by atoms with Crippen LogP contribution >= 0.6 is 0 Å². The van der Waals surface area contributed by atoms with Crippen LogP contribution < -0.4 is 5.73 Å². The van der Waals surface area contributed by atoms with Crippen molar-refractivity contribution in [3.8, 4) is 0 Å². The third-order valence-electron chi connectivity index (χ3n) is 3.98. The largest absolute Gasteiger partial charge is 0.364 e. The van der Waals surface area contributed by atoms with Crippen molar-refractivity contribution >= 4 is 11.8 Å². The molecular weight excluding hydrogens is 268 g/mol. The summed E-state index contributed by atoms with van der Waals surface area (Å²) in [4.78, 5) is 32.9. The second-order valence-electron chi connectivity index (χ2n) is 5.49. The van der Waals surface area contributed by atoms with Gasteiger partial charge >= 0.3 is 0 Å². The van der Waals surface area contributed by atoms with Gasteiger partial charge in [0.15, 0.2) is 0 Å². The van der Waals surface area contributed by atoms with Gasteiger partial charge in [-0.1, -0.05) is 6.92 Å². The molecule has 0 radical (unpaired) electrons. The van der Waals surface area contributed by atoms with E-state index in [2.05, 4.69) is 9.97 Å². The Balaban J connectivity index is 1.96. The van der Waals surface area contributed by atoms with Gasteiger partial charge < -0.3 is 10.6 Å². The Bertz CT molecular complexity index is 518. The lowest BCUT2D eigenvalue weighted by Crippen LogP contribution is -2.31. The lowest BCUT2D eigenvalue weighted by Gasteiger charge is -2.19. The second kappa shape index (κ2) is 7.15. The number of likely N-dealkylation sites (tertiary alicyclic amines) is 1. The minimum atomic E-state index is -0.528. The van der Waals surface area contributed by atoms with Crippen molar-refractivity contribution in [2.75, 3.05) is 13.1 Å². The van der Waals surface area contributed by atoms with E-state index in [0.717, 1.165) is 44.5 Å². The molecule has 0 spiro atoms. The van der Waals surface area contributed by atoms with Gasteiger partial charge in [0.2, 0.25) is 5.91 Å². The Labute approximate surface area is 124 Å². The molecule has 1 aliphatic rings. The van der Waals surface area contributed by atoms with Crippen molar-refractivity contribution < 1.29 is 9.59 Å². The number of hydrogen-bond acceptors (Lipinski definition) is 4. The fourth-order valence-corrected chi connectivity index (χ4v) is 2.78. The second-order valence-corrected chi connectivity index (χ2v) is 5.49. The molecule has 6 heteroatoms. The van der Waals surface area contributed by atoms with Crippen LogP contribution in [0.1, 0.15) is 48.8 Å². The summed E-state index contributed by atoms with van der Waals surface area (Å²) in [5.74, 6) is 0.184. The highest BCUT2D eigenvalue weighted by atomic mass is 16.2. The average Bonchev–Trinajstić information content (AvgIpc) is 2.72. The first-order valence-electron chi connectivity index (χ1n) is 7.48. The van der Waals surface area contributed by atoms with E-state index >= 15 is 0 Å². The molecule has 1 aromatic rings. The summed E-state index contributed by atoms with van der Waals surface area (Å²) in [6.07, 6.45) is 5.82. The van der Waals surface area contributed by atoms with Gasteiger partial charge in [-0.2, -0.15) is 0 Å². The summed E-state index contributed by atoms with van der Waals surface area (Å²) in [5.41, 5.74) is 6.34. The molecule has 2 amide bonds. The maximum Gasteiger partial charge on any atom is 0.267 e. The van der Waals surface area contributed by atoms with Crippen LogP contribution in [-0.2, 0) is 11.2 Å². The zero-order valence-electron chi connectivity index (χ0n) is 12.4. The van der Waals surface area contributed by atoms with E-state index in [9.17, 15) is 9.59 Å². The summed E-state index contributed by atoms with van der Waals surface area (Å²) in [5, 5.41) is 0. The molecular formula is C15H22N4O2. The number of rotatable bonds is 4. The molecule has 2 heterocycles. The van der Waals surface area contributed by atoms with Crippen LogP contribution in [0.25, 0.3) is 0 Å². The minimum Gasteiger partial charge on any atom is -0.364 e. The summed E-state index contributed by atoms with van der Waals surface area (Å²) >= 11 is 0. The topological polar surface area (TPSA) is 89.2 Å². The van der Waals surface area contributed by atoms with Crippen molar-refractivity contribution in [1.29, 1.82) is 0 Å². The van der Waals surface area contributed by atoms with Gasteiger partial charge in [-0.15, -0.1) is 0 Å². The smallest absolute Gasteiger partial charge is 0.267 e. The SMILES string of the molecule is CCC(=O)N1CCC[C@H](Cc2cc(C(N)=O)ncn2)CC1. The first kappa shape index (κ1) is 15.4. The molecule has 0 aliphatic carbocycles. The molecule has 0 saturated carbocycles. The molecule has 2 N–H and O–H groups in total. The molecule has 0 aromatic carbocycles. The highest BCUT2D eigenvalue weighted by molar-refractivity contribution is 5.90. The van der Waals surface area contributed by atoms with E-state index in [1.54, 1.807) is 6.07 Å². The van der Waals surface area contributed by atoms with Gasteiger partial charge in [-0.25, -0.2) is 9.97 Å². The van der Waals surface area contributed by atoms with E-state index in [0.29, 0.717) is 12.3 Å². The summed E-state index contributed by atoms with van der Waals surface area (Å²) < 4.78 is 0. The zero-order valence-corrected chi connectivity index (χ0v) is 12.4. The lowest BCUT2D eigenvalue weighted by atomic mass is 9.95. The Morgan fingerprint density at radius 1 is 1.33 bits per heavy atom. The van der Waals surface area contributed by atoms with Crippen LogP contribution in [0.5, 0.6) is 0 Å². The van der Waals surface area contributed by atoms with E-state index in [1.807, 2.05) is 11.8 Å². The highest BCUT2D eigenvalue weighted by Gasteiger charge is 2.20. The number of primary amides is 1. The minimum absolute atomic E-state index is 0.230. The van der Waals surface area contributed by atoms with Gasteiger partial charge in [0.25, 0.3) is 5.91 Å². The predicted octanol–water partition coefficient (Wildman–Crippen LogP) is 1.16. The molecule has 21 heavy (non-hydrogen) atoms. The monoisotopic (exact) mass is 290 g/mol. The van der Waals surface area contributed by atoms with Crippen LogP contribution in [0.2, 0.25) is 0 Å². The molecule has 114 valence electrons. The maximum absolute atomic E-state index is 11.8. The maximum atomic E-state index is 11.8. The normalized spacial score (nSPS) is 19.1. The Hall–Kier alpha value is -1.98. The Morgan fingerprint density at radius 3 is 2.86 bits per heavy atom. The summed E-state index contributed by atoms with van der Waals surface area (Å²) in [7, 11) is 0. The van der Waals surface area contributed by atoms with Crippen molar-refractivity contribution in [3.05, 3.63) is 23.8 Å². The number of nitrogens with zero attached hydrogens (tertiary/aromatic N) is 3. The first-order chi connectivity index (χ1) is 10.1. The molecule has 0 bridgehead atoms. The molecule has 6 nitrogen and oxygen atoms in total. The fourth-order valence-electron chi connectivity index (χ4n) is 2.78. The van der Waals surface area contributed by atoms with Gasteiger partial charge in [-0.05, 0) is 37.7 Å². The predicted molar refractivity (Wildman–Crippen MR) is 78.5 cm³/mol. The fraction of sp³-hybridized carbons (Fsp3) is 0.600. The van der Waals surface area contributed by atoms with Crippen LogP contribution in [0.4, 0.5) is 0 Å². The molecule has 1 saturated heterocycles. The number of hydrogen-bond donors (Lipinski definition) is 1. The van der Waals surface area contributed by atoms with Crippen molar-refractivity contribution in [3.63, 3.8) is 0 Å². The average molecular weight is 290 g/mol. The van der Waals surface area contributed by atoms with Gasteiger partial charge in [0, 0.05) is 25.2 Å². The third-order valence-corrected chi connectivity index (χ3v) is 3.98. The summed E-state index contributed by atoms with van der Waals surface area (Å²) in [6.45, 7) is 3.56. The number of carbonyl (C=O) groups is 2. The molecule has 1 fully saturated rings. The number of carbonyl (C=O) groups excluding carboxylic acids is 2. The Morgan fingerprint density at radius 2 is 2.14 bits per heavy atom. The molecule has 1 aliphatic heterocycles. The van der Waals surface area contributed by atoms with E-state index < -0.39 is 5.91 Å². The van der Waals surface area contributed by atoms with Crippen LogP contribution in [0, 0.1) is 5.92 Å². The molecule has 0 unspecified atom stereocenters. The number of aromatic nitrogens is 2. The summed E-state index contributed by atoms with van der Waals surface area (Å²) in [6, 6.07) is 1.67. The number of nitrogens with two attached hydrogens (primary N) is 1. The molecule has 1 aromatic heterocycles. The van der Waals surface area contributed by atoms with Crippen LogP contribution in [0.3, 0.4) is 0 Å². The van der Waals surface area contributed by atoms with Crippen LogP contribution in [-0.4, -0.2) is 39.8 Å². The lowest BCUT2D eigenvalue weighted by molar-refractivity contribution is -0.130. The molecule has 2 rings (SSSR count). The Kier molecular flexibility index (Phi) is 5.25. The van der Waals surface area contributed by atoms with Crippen molar-refractivity contribution in [1.82, 2.24) is 14.9 Å². The van der Waals surface area contributed by atoms with E-state index in [1.165, 1.54) is 6.33 Å². The third kappa shape index (κ3) is 4.24.